The minimum Gasteiger partial charge on any atom is -0.387 e. The second-order valence-corrected chi connectivity index (χ2v) is 13.4. The number of nitriles is 2. The highest BCUT2D eigenvalue weighted by atomic mass is 35.5. The molecule has 0 aliphatic carbocycles. The Morgan fingerprint density at radius 3 is 2.50 bits per heavy atom. The minimum atomic E-state index is -4.89. The molecule has 1 aliphatic heterocycles. The van der Waals surface area contributed by atoms with Crippen LogP contribution in [-0.2, 0) is 18.4 Å². The zero-order chi connectivity index (χ0) is 29.4. The van der Waals surface area contributed by atoms with E-state index in [1.165, 1.54) is 10.8 Å². The number of nitrogens with zero attached hydrogens (tertiary/aromatic N) is 4. The predicted octanol–water partition coefficient (Wildman–Crippen LogP) is 3.54. The molecule has 0 spiro atoms. The summed E-state index contributed by atoms with van der Waals surface area (Å²) in [5.41, 5.74) is 1.73. The lowest BCUT2D eigenvalue weighted by molar-refractivity contribution is -0.0423. The van der Waals surface area contributed by atoms with Crippen LogP contribution in [0.25, 0.3) is 11.0 Å². The van der Waals surface area contributed by atoms with Gasteiger partial charge in [-0.15, -0.1) is 0 Å². The molecule has 0 radical (unpaired) electrons. The van der Waals surface area contributed by atoms with E-state index in [9.17, 15) is 24.4 Å². The number of alkyl halides is 1. The van der Waals surface area contributed by atoms with E-state index in [1.54, 1.807) is 30.3 Å². The van der Waals surface area contributed by atoms with E-state index in [4.69, 9.17) is 31.4 Å². The normalized spacial score (nSPS) is 23.3. The fourth-order valence-corrected chi connectivity index (χ4v) is 7.06. The molecule has 1 saturated heterocycles. The van der Waals surface area contributed by atoms with Crippen LogP contribution < -0.4 is 5.32 Å². The van der Waals surface area contributed by atoms with E-state index in [1.807, 2.05) is 19.1 Å². The Labute approximate surface area is 232 Å². The average Bonchev–Trinajstić information content (AvgIpc) is 3.41. The van der Waals surface area contributed by atoms with Crippen LogP contribution in [0.1, 0.15) is 35.9 Å². The molecule has 1 unspecified atom stereocenters. The van der Waals surface area contributed by atoms with Crippen molar-refractivity contribution < 1.29 is 42.6 Å². The number of pyridine rings is 1. The molecular weight excluding hydrogens is 591 g/mol. The maximum Gasteiger partial charge on any atom is 0.340 e. The molecule has 3 heterocycles. The van der Waals surface area contributed by atoms with Crippen LogP contribution in [0.5, 0.6) is 0 Å². The number of aromatic nitrogens is 2. The van der Waals surface area contributed by atoms with Gasteiger partial charge >= 0.3 is 15.2 Å². The summed E-state index contributed by atoms with van der Waals surface area (Å²) in [6.45, 7) is 0.997. The van der Waals surface area contributed by atoms with E-state index in [2.05, 4.69) is 14.8 Å². The van der Waals surface area contributed by atoms with Gasteiger partial charge in [-0.05, 0) is 30.7 Å². The number of halogens is 2. The Bertz CT molecular complexity index is 1600. The lowest BCUT2D eigenvalue weighted by Crippen LogP contribution is -2.31. The van der Waals surface area contributed by atoms with Crippen LogP contribution >= 0.6 is 26.8 Å². The van der Waals surface area contributed by atoms with Crippen LogP contribution in [0.2, 0.25) is 5.15 Å². The first kappa shape index (κ1) is 30.1. The summed E-state index contributed by atoms with van der Waals surface area (Å²) in [6.07, 6.45) is -5.42. The number of fused-ring (bicyclic) bond motifs is 1. The maximum absolute atomic E-state index is 15.2. The molecule has 0 bridgehead atoms. The van der Waals surface area contributed by atoms with Crippen LogP contribution in [0.15, 0.2) is 36.5 Å². The molecule has 2 aromatic heterocycles. The number of rotatable bonds is 9. The SMILES string of the molecule is C[C@@H](Nc1c(C#N)c(Cl)nc2c1ccn2[C@@H]1O[C@H](COP(=O)(O)CP(=O)(O)O)[C@@H](O)[C@@H]1F)c1ccc(C#N)cc1. The molecular formula is C23H23ClFN5O8P2. The van der Waals surface area contributed by atoms with Gasteiger partial charge in [-0.1, -0.05) is 23.7 Å². The van der Waals surface area contributed by atoms with Crippen LogP contribution in [0.3, 0.4) is 0 Å². The van der Waals surface area contributed by atoms with Gasteiger partial charge < -0.3 is 38.9 Å². The Morgan fingerprint density at radius 2 is 1.90 bits per heavy atom. The topological polar surface area (TPSA) is 211 Å². The summed E-state index contributed by atoms with van der Waals surface area (Å²) < 4.78 is 49.7. The summed E-state index contributed by atoms with van der Waals surface area (Å²) in [4.78, 5) is 31.8. The zero-order valence-electron chi connectivity index (χ0n) is 20.6. The molecule has 212 valence electrons. The van der Waals surface area contributed by atoms with Crippen molar-refractivity contribution in [1.82, 2.24) is 9.55 Å². The van der Waals surface area contributed by atoms with Gasteiger partial charge in [-0.2, -0.15) is 10.5 Å². The van der Waals surface area contributed by atoms with Gasteiger partial charge in [0.05, 0.1) is 23.9 Å². The van der Waals surface area contributed by atoms with Crippen molar-refractivity contribution in [3.05, 3.63) is 58.4 Å². The van der Waals surface area contributed by atoms with Gasteiger partial charge in [-0.3, -0.25) is 9.13 Å². The number of benzene rings is 1. The molecule has 17 heteroatoms. The lowest BCUT2D eigenvalue weighted by atomic mass is 10.1. The number of nitrogens with one attached hydrogen (secondary N) is 1. The largest absolute Gasteiger partial charge is 0.387 e. The van der Waals surface area contributed by atoms with Crippen molar-refractivity contribution in [3.8, 4) is 12.1 Å². The number of ether oxygens (including phenoxy) is 1. The smallest absolute Gasteiger partial charge is 0.340 e. The number of anilines is 1. The highest BCUT2D eigenvalue weighted by Crippen LogP contribution is 2.55. The number of aliphatic hydroxyl groups excluding tert-OH is 1. The Morgan fingerprint density at radius 1 is 1.23 bits per heavy atom. The van der Waals surface area contributed by atoms with Gasteiger partial charge in [0.2, 0.25) is 0 Å². The van der Waals surface area contributed by atoms with Crippen molar-refractivity contribution in [2.75, 3.05) is 17.8 Å². The second kappa shape index (κ2) is 11.6. The van der Waals surface area contributed by atoms with Crippen molar-refractivity contribution >= 4 is 43.5 Å². The highest BCUT2D eigenvalue weighted by Gasteiger charge is 2.47. The van der Waals surface area contributed by atoms with E-state index in [0.29, 0.717) is 16.6 Å². The lowest BCUT2D eigenvalue weighted by Gasteiger charge is -2.20. The molecule has 1 fully saturated rings. The standard InChI is InChI=1S/C23H23ClFN5O8P2/c1-12(14-4-2-13(8-26)3-5-14)28-19-15-6-7-30(22(15)29-21(24)16(19)9-27)23-18(25)20(31)17(38-23)10-37-40(35,36)11-39(32,33)34/h2-7,12,17-18,20,23,31H,10-11H2,1H3,(H,28,29)(H,35,36)(H2,32,33,34)/t12-,17-,18+,20-,23-/m1/s1. The Kier molecular flexibility index (Phi) is 8.69. The van der Waals surface area contributed by atoms with Gasteiger partial charge in [0.25, 0.3) is 0 Å². The molecule has 6 atom stereocenters. The molecule has 0 amide bonds. The fourth-order valence-electron chi connectivity index (χ4n) is 4.27. The second-order valence-electron chi connectivity index (χ2n) is 9.06. The molecule has 4 rings (SSSR count). The maximum atomic E-state index is 15.2. The predicted molar refractivity (Wildman–Crippen MR) is 140 cm³/mol. The fraction of sp³-hybridized carbons (Fsp3) is 0.348. The van der Waals surface area contributed by atoms with Gasteiger partial charge in [0.15, 0.2) is 23.5 Å². The molecule has 40 heavy (non-hydrogen) atoms. The molecule has 1 aliphatic rings. The third-order valence-electron chi connectivity index (χ3n) is 6.20. The van der Waals surface area contributed by atoms with E-state index >= 15 is 4.39 Å². The molecule has 5 N–H and O–H groups in total. The first-order valence-electron chi connectivity index (χ1n) is 11.6. The number of aliphatic hydroxyl groups is 1. The molecule has 1 aromatic carbocycles. The van der Waals surface area contributed by atoms with Crippen molar-refractivity contribution in [2.45, 2.75) is 37.6 Å². The van der Waals surface area contributed by atoms with E-state index < -0.39 is 52.3 Å². The summed E-state index contributed by atoms with van der Waals surface area (Å²) >= 11 is 6.31. The minimum absolute atomic E-state index is 0.0339. The monoisotopic (exact) mass is 613 g/mol. The molecule has 3 aromatic rings. The quantitative estimate of drug-likeness (QED) is 0.173. The first-order valence-corrected chi connectivity index (χ1v) is 15.5. The average molecular weight is 614 g/mol. The van der Waals surface area contributed by atoms with Crippen LogP contribution in [0, 0.1) is 22.7 Å². The summed E-state index contributed by atoms with van der Waals surface area (Å²) in [6, 6.07) is 12.0. The highest BCUT2D eigenvalue weighted by molar-refractivity contribution is 7.70. The third kappa shape index (κ3) is 6.37. The third-order valence-corrected chi connectivity index (χ3v) is 9.93. The molecule has 13 nitrogen and oxygen atoms in total. The number of hydrogen-bond acceptors (Lipinski definition) is 9. The Balaban J connectivity index is 1.62. The van der Waals surface area contributed by atoms with Crippen molar-refractivity contribution in [3.63, 3.8) is 0 Å². The summed E-state index contributed by atoms with van der Waals surface area (Å²) in [5.74, 6) is -1.45. The van der Waals surface area contributed by atoms with E-state index in [-0.39, 0.29) is 22.4 Å². The van der Waals surface area contributed by atoms with Crippen molar-refractivity contribution in [1.29, 1.82) is 10.5 Å². The van der Waals surface area contributed by atoms with Crippen LogP contribution in [-0.4, -0.2) is 60.2 Å². The summed E-state index contributed by atoms with van der Waals surface area (Å²) in [7, 11) is -9.65. The first-order chi connectivity index (χ1) is 18.7. The number of hydrogen-bond donors (Lipinski definition) is 5. The van der Waals surface area contributed by atoms with Gasteiger partial charge in [-0.25, -0.2) is 9.37 Å². The van der Waals surface area contributed by atoms with Crippen LogP contribution in [0.4, 0.5) is 10.1 Å². The van der Waals surface area contributed by atoms with E-state index in [0.717, 1.165) is 5.56 Å². The Hall–Kier alpha value is -2.87. The van der Waals surface area contributed by atoms with Gasteiger partial charge in [0.1, 0.15) is 29.5 Å². The zero-order valence-corrected chi connectivity index (χ0v) is 23.2. The molecule has 0 saturated carbocycles. The van der Waals surface area contributed by atoms with Gasteiger partial charge in [0, 0.05) is 17.6 Å². The van der Waals surface area contributed by atoms with Crippen molar-refractivity contribution in [2.24, 2.45) is 0 Å². The summed E-state index contributed by atoms with van der Waals surface area (Å²) in [5, 5.41) is 32.6.